The molecule has 0 N–H and O–H groups in total. The van der Waals surface area contributed by atoms with Crippen molar-refractivity contribution in [2.75, 3.05) is 0 Å². The maximum Gasteiger partial charge on any atom is 0.311 e. The normalized spacial score (nSPS) is 9.80. The van der Waals surface area contributed by atoms with Gasteiger partial charge in [0.15, 0.2) is 0 Å². The number of aromatic nitrogens is 1. The topological polar surface area (TPSA) is 89.0 Å². The maximum absolute atomic E-state index is 11.1. The van der Waals surface area contributed by atoms with Gasteiger partial charge in [-0.05, 0) is 24.1 Å². The predicted octanol–water partition coefficient (Wildman–Crippen LogP) is 3.22. The Kier molecular flexibility index (Phi) is 3.91. The average Bonchev–Trinajstić information content (AvgIpc) is 2.47. The van der Waals surface area contributed by atoms with E-state index in [0.29, 0.717) is 12.2 Å². The molecule has 1 heterocycles. The number of nitro groups is 1. The van der Waals surface area contributed by atoms with Crippen molar-refractivity contribution >= 4 is 5.69 Å². The van der Waals surface area contributed by atoms with Gasteiger partial charge in [-0.25, -0.2) is 4.98 Å². The number of pyridine rings is 1. The van der Waals surface area contributed by atoms with E-state index in [0.717, 1.165) is 5.56 Å². The molecule has 0 atom stereocenters. The van der Waals surface area contributed by atoms with Crippen molar-refractivity contribution < 1.29 is 9.66 Å². The van der Waals surface area contributed by atoms with E-state index in [4.69, 9.17) is 10.00 Å². The minimum absolute atomic E-state index is 0.0975. The molecule has 0 spiro atoms. The number of nitro benzene ring substituents is 1. The summed E-state index contributed by atoms with van der Waals surface area (Å²) < 4.78 is 5.48. The van der Waals surface area contributed by atoms with Crippen LogP contribution in [0.3, 0.4) is 0 Å². The predicted molar refractivity (Wildman–Crippen MR) is 71.5 cm³/mol. The van der Waals surface area contributed by atoms with Crippen molar-refractivity contribution in [3.8, 4) is 17.6 Å². The van der Waals surface area contributed by atoms with Gasteiger partial charge < -0.3 is 4.74 Å². The lowest BCUT2D eigenvalue weighted by molar-refractivity contribution is -0.385. The molecule has 0 radical (unpaired) electrons. The van der Waals surface area contributed by atoms with E-state index in [-0.39, 0.29) is 17.1 Å². The number of aryl methyl sites for hydroxylation is 1. The van der Waals surface area contributed by atoms with Gasteiger partial charge in [0.25, 0.3) is 0 Å². The first-order chi connectivity index (χ1) is 9.63. The Morgan fingerprint density at radius 2 is 2.20 bits per heavy atom. The standard InChI is InChI=1S/C14H11N3O3/c1-2-10-3-4-14(13(7-10)17(18)19)20-12-5-6-16-11(8-12)9-15/h3-8H,2H2,1H3. The lowest BCUT2D eigenvalue weighted by atomic mass is 10.1. The minimum atomic E-state index is -0.485. The van der Waals surface area contributed by atoms with E-state index >= 15 is 0 Å². The molecule has 0 aliphatic heterocycles. The summed E-state index contributed by atoms with van der Waals surface area (Å²) in [4.78, 5) is 14.4. The third kappa shape index (κ3) is 2.90. The smallest absolute Gasteiger partial charge is 0.311 e. The molecule has 0 amide bonds. The molecule has 2 aromatic rings. The number of benzene rings is 1. The van der Waals surface area contributed by atoms with Crippen LogP contribution in [0.15, 0.2) is 36.5 Å². The number of ether oxygens (including phenoxy) is 1. The van der Waals surface area contributed by atoms with Crippen LogP contribution in [0.2, 0.25) is 0 Å². The number of hydrogen-bond acceptors (Lipinski definition) is 5. The van der Waals surface area contributed by atoms with Crippen LogP contribution in [0.4, 0.5) is 5.69 Å². The van der Waals surface area contributed by atoms with Gasteiger partial charge in [-0.2, -0.15) is 5.26 Å². The first kappa shape index (κ1) is 13.5. The third-order valence-electron chi connectivity index (χ3n) is 2.70. The molecule has 2 rings (SSSR count). The van der Waals surface area contributed by atoms with E-state index in [9.17, 15) is 10.1 Å². The molecule has 0 aliphatic carbocycles. The largest absolute Gasteiger partial charge is 0.450 e. The second-order valence-electron chi connectivity index (χ2n) is 4.00. The number of rotatable bonds is 4. The van der Waals surface area contributed by atoms with Crippen molar-refractivity contribution in [3.63, 3.8) is 0 Å². The monoisotopic (exact) mass is 269 g/mol. The second kappa shape index (κ2) is 5.80. The molecule has 0 saturated heterocycles. The fourth-order valence-electron chi connectivity index (χ4n) is 1.67. The Morgan fingerprint density at radius 1 is 1.40 bits per heavy atom. The van der Waals surface area contributed by atoms with Crippen LogP contribution in [0, 0.1) is 21.4 Å². The van der Waals surface area contributed by atoms with Crippen molar-refractivity contribution in [1.29, 1.82) is 5.26 Å². The molecule has 0 aliphatic rings. The summed E-state index contributed by atoms with van der Waals surface area (Å²) >= 11 is 0. The highest BCUT2D eigenvalue weighted by Gasteiger charge is 2.16. The molecule has 0 bridgehead atoms. The number of nitriles is 1. The van der Waals surface area contributed by atoms with E-state index < -0.39 is 4.92 Å². The average molecular weight is 269 g/mol. The zero-order valence-electron chi connectivity index (χ0n) is 10.7. The van der Waals surface area contributed by atoms with Crippen molar-refractivity contribution in [2.45, 2.75) is 13.3 Å². The van der Waals surface area contributed by atoms with E-state index in [2.05, 4.69) is 4.98 Å². The minimum Gasteiger partial charge on any atom is -0.450 e. The van der Waals surface area contributed by atoms with Crippen LogP contribution in [-0.2, 0) is 6.42 Å². The molecule has 6 heteroatoms. The van der Waals surface area contributed by atoms with Gasteiger partial charge in [0.1, 0.15) is 17.5 Å². The first-order valence-corrected chi connectivity index (χ1v) is 5.95. The fourth-order valence-corrected chi connectivity index (χ4v) is 1.67. The van der Waals surface area contributed by atoms with Crippen LogP contribution in [0.5, 0.6) is 11.5 Å². The zero-order chi connectivity index (χ0) is 14.5. The van der Waals surface area contributed by atoms with Crippen LogP contribution >= 0.6 is 0 Å². The lowest BCUT2D eigenvalue weighted by Gasteiger charge is -2.07. The Bertz CT molecular complexity index is 692. The second-order valence-corrected chi connectivity index (χ2v) is 4.00. The summed E-state index contributed by atoms with van der Waals surface area (Å²) in [6.07, 6.45) is 2.12. The van der Waals surface area contributed by atoms with Crippen LogP contribution in [0.1, 0.15) is 18.2 Å². The molecule has 20 heavy (non-hydrogen) atoms. The van der Waals surface area contributed by atoms with Crippen LogP contribution < -0.4 is 4.74 Å². The molecule has 1 aromatic heterocycles. The van der Waals surface area contributed by atoms with Crippen LogP contribution in [0.25, 0.3) is 0 Å². The van der Waals surface area contributed by atoms with Gasteiger partial charge >= 0.3 is 5.69 Å². The fraction of sp³-hybridized carbons (Fsp3) is 0.143. The highest BCUT2D eigenvalue weighted by Crippen LogP contribution is 2.32. The van der Waals surface area contributed by atoms with Gasteiger partial charge in [0, 0.05) is 18.3 Å². The molecule has 1 aromatic carbocycles. The molecular formula is C14H11N3O3. The van der Waals surface area contributed by atoms with E-state index in [1.165, 1.54) is 24.4 Å². The summed E-state index contributed by atoms with van der Waals surface area (Å²) in [5.74, 6) is 0.478. The van der Waals surface area contributed by atoms with Gasteiger partial charge in [-0.3, -0.25) is 10.1 Å². The molecule has 0 fully saturated rings. The van der Waals surface area contributed by atoms with E-state index in [1.807, 2.05) is 13.0 Å². The van der Waals surface area contributed by atoms with Gasteiger partial charge in [-0.15, -0.1) is 0 Å². The quantitative estimate of drug-likeness (QED) is 0.628. The first-order valence-electron chi connectivity index (χ1n) is 5.95. The highest BCUT2D eigenvalue weighted by molar-refractivity contribution is 5.50. The molecule has 0 saturated carbocycles. The number of nitrogens with zero attached hydrogens (tertiary/aromatic N) is 3. The SMILES string of the molecule is CCc1ccc(Oc2ccnc(C#N)c2)c([N+](=O)[O-])c1. The number of hydrogen-bond donors (Lipinski definition) is 0. The zero-order valence-corrected chi connectivity index (χ0v) is 10.7. The van der Waals surface area contributed by atoms with Crippen molar-refractivity contribution in [1.82, 2.24) is 4.98 Å². The van der Waals surface area contributed by atoms with Gasteiger partial charge in [-0.1, -0.05) is 13.0 Å². The summed E-state index contributed by atoms with van der Waals surface area (Å²) in [7, 11) is 0. The maximum atomic E-state index is 11.1. The molecular weight excluding hydrogens is 258 g/mol. The highest BCUT2D eigenvalue weighted by atomic mass is 16.6. The summed E-state index contributed by atoms with van der Waals surface area (Å²) in [5.41, 5.74) is 0.950. The molecule has 100 valence electrons. The van der Waals surface area contributed by atoms with Crippen molar-refractivity contribution in [3.05, 3.63) is 57.9 Å². The Morgan fingerprint density at radius 3 is 2.85 bits per heavy atom. The molecule has 0 unspecified atom stereocenters. The van der Waals surface area contributed by atoms with E-state index in [1.54, 1.807) is 12.1 Å². The third-order valence-corrected chi connectivity index (χ3v) is 2.70. The Hall–Kier alpha value is -2.94. The van der Waals surface area contributed by atoms with Crippen molar-refractivity contribution in [2.24, 2.45) is 0 Å². The Labute approximate surface area is 115 Å². The summed E-state index contributed by atoms with van der Waals surface area (Å²) in [5, 5.41) is 19.8. The summed E-state index contributed by atoms with van der Waals surface area (Å²) in [6, 6.07) is 9.67. The van der Waals surface area contributed by atoms with Crippen LogP contribution in [-0.4, -0.2) is 9.91 Å². The molecule has 6 nitrogen and oxygen atoms in total. The summed E-state index contributed by atoms with van der Waals surface area (Å²) in [6.45, 7) is 1.92. The Balaban J connectivity index is 2.37. The lowest BCUT2D eigenvalue weighted by Crippen LogP contribution is -1.95. The van der Waals surface area contributed by atoms with Gasteiger partial charge in [0.2, 0.25) is 5.75 Å². The van der Waals surface area contributed by atoms with Gasteiger partial charge in [0.05, 0.1) is 4.92 Å².